The summed E-state index contributed by atoms with van der Waals surface area (Å²) in [6.45, 7) is 16.5. The lowest BCUT2D eigenvalue weighted by molar-refractivity contribution is 0.132. The molecule has 1 aliphatic rings. The lowest BCUT2D eigenvalue weighted by atomic mass is 9.94. The second kappa shape index (κ2) is 3.57. The van der Waals surface area contributed by atoms with Crippen molar-refractivity contribution in [2.45, 2.75) is 72.1 Å². The molecule has 3 nitrogen and oxygen atoms in total. The molecule has 0 amide bonds. The van der Waals surface area contributed by atoms with Gasteiger partial charge in [0, 0.05) is 0 Å². The summed E-state index contributed by atoms with van der Waals surface area (Å²) in [4.78, 5) is 9.23. The van der Waals surface area contributed by atoms with E-state index in [1.54, 1.807) is 0 Å². The fourth-order valence-corrected chi connectivity index (χ4v) is 1.45. The van der Waals surface area contributed by atoms with Gasteiger partial charge in [0.25, 0.3) is 0 Å². The van der Waals surface area contributed by atoms with Crippen LogP contribution < -0.4 is 0 Å². The maximum atomic E-state index is 5.68. The van der Waals surface area contributed by atoms with Gasteiger partial charge < -0.3 is 4.74 Å². The lowest BCUT2D eigenvalue weighted by Gasteiger charge is -2.40. The Labute approximate surface area is 99.0 Å². The molecule has 0 aromatic carbocycles. The van der Waals surface area contributed by atoms with Gasteiger partial charge in [0.2, 0.25) is 5.90 Å². The summed E-state index contributed by atoms with van der Waals surface area (Å²) in [5.74, 6) is 0.701. The van der Waals surface area contributed by atoms with E-state index < -0.39 is 0 Å². The Morgan fingerprint density at radius 2 is 1.31 bits per heavy atom. The maximum Gasteiger partial charge on any atom is 0.236 e. The molecule has 1 heterocycles. The zero-order valence-electron chi connectivity index (χ0n) is 11.8. The van der Waals surface area contributed by atoms with Crippen LogP contribution in [0, 0.1) is 0 Å². The van der Waals surface area contributed by atoms with Crippen LogP contribution in [0.1, 0.15) is 55.4 Å². The molecule has 92 valence electrons. The van der Waals surface area contributed by atoms with Crippen LogP contribution in [0.4, 0.5) is 0 Å². The Kier molecular flexibility index (Phi) is 2.95. The predicted octanol–water partition coefficient (Wildman–Crippen LogP) is 3.23. The highest BCUT2D eigenvalue weighted by molar-refractivity contribution is 6.47. The zero-order valence-corrected chi connectivity index (χ0v) is 11.8. The first-order valence-electron chi connectivity index (χ1n) is 5.80. The fourth-order valence-electron chi connectivity index (χ4n) is 1.45. The van der Waals surface area contributed by atoms with Gasteiger partial charge in [0.15, 0.2) is 5.60 Å². The molecule has 1 aliphatic heterocycles. The van der Waals surface area contributed by atoms with E-state index in [9.17, 15) is 0 Å². The van der Waals surface area contributed by atoms with Gasteiger partial charge >= 0.3 is 0 Å². The Bertz CT molecular complexity index is 338. The monoisotopic (exact) mass is 224 g/mol. The average molecular weight is 224 g/mol. The molecule has 0 unspecified atom stereocenters. The number of hydrogen-bond donors (Lipinski definition) is 0. The second-order valence-corrected chi connectivity index (χ2v) is 6.83. The van der Waals surface area contributed by atoms with Crippen molar-refractivity contribution in [1.82, 2.24) is 0 Å². The third-order valence-electron chi connectivity index (χ3n) is 2.01. The van der Waals surface area contributed by atoms with Crippen molar-refractivity contribution in [3.05, 3.63) is 0 Å². The van der Waals surface area contributed by atoms with Gasteiger partial charge in [-0.2, -0.15) is 0 Å². The minimum Gasteiger partial charge on any atom is -0.464 e. The average Bonchev–Trinajstić information content (AvgIpc) is 1.95. The minimum absolute atomic E-state index is 0.0883. The summed E-state index contributed by atoms with van der Waals surface area (Å²) in [5, 5.41) is 0. The van der Waals surface area contributed by atoms with Gasteiger partial charge in [0.1, 0.15) is 5.71 Å². The second-order valence-electron chi connectivity index (χ2n) is 6.83. The molecule has 0 N–H and O–H groups in total. The Hall–Kier alpha value is -0.860. The number of ether oxygens (including phenoxy) is 1. The third kappa shape index (κ3) is 3.32. The maximum absolute atomic E-state index is 5.68. The zero-order chi connectivity index (χ0) is 12.8. The van der Waals surface area contributed by atoms with Crippen molar-refractivity contribution >= 4 is 11.6 Å². The summed E-state index contributed by atoms with van der Waals surface area (Å²) in [5.41, 5.74) is 0.478. The van der Waals surface area contributed by atoms with Crippen molar-refractivity contribution in [2.75, 3.05) is 0 Å². The standard InChI is InChI=1S/C13H24N2O/c1-11(2,3)14-9-10(15-12(4,5)6)16-13(9,7)8/h1-8H3. The first kappa shape index (κ1) is 13.2. The molecule has 0 bridgehead atoms. The van der Waals surface area contributed by atoms with E-state index in [0.717, 1.165) is 5.71 Å². The molecule has 0 spiro atoms. The Morgan fingerprint density at radius 1 is 0.875 bits per heavy atom. The molecular weight excluding hydrogens is 200 g/mol. The normalized spacial score (nSPS) is 25.5. The SMILES string of the molecule is CC(C)(C)N=C1OC(C)(C)C1=NC(C)(C)C. The molecule has 0 aromatic heterocycles. The summed E-state index contributed by atoms with van der Waals surface area (Å²) < 4.78 is 5.68. The molecule has 0 aromatic rings. The third-order valence-corrected chi connectivity index (χ3v) is 2.01. The Morgan fingerprint density at radius 3 is 1.62 bits per heavy atom. The quantitative estimate of drug-likeness (QED) is 0.622. The number of aliphatic imine (C=N–C) groups is 2. The molecule has 1 fully saturated rings. The molecule has 0 atom stereocenters. The minimum atomic E-state index is -0.294. The van der Waals surface area contributed by atoms with Gasteiger partial charge in [-0.05, 0) is 55.4 Å². The van der Waals surface area contributed by atoms with Crippen molar-refractivity contribution in [3.63, 3.8) is 0 Å². The van der Waals surface area contributed by atoms with E-state index in [4.69, 9.17) is 9.73 Å². The van der Waals surface area contributed by atoms with Crippen molar-refractivity contribution in [1.29, 1.82) is 0 Å². The van der Waals surface area contributed by atoms with Gasteiger partial charge in [-0.1, -0.05) is 0 Å². The van der Waals surface area contributed by atoms with E-state index in [0.29, 0.717) is 5.90 Å². The molecule has 0 saturated carbocycles. The van der Waals surface area contributed by atoms with Crippen LogP contribution in [0.3, 0.4) is 0 Å². The van der Waals surface area contributed by atoms with Crippen molar-refractivity contribution in [2.24, 2.45) is 9.98 Å². The van der Waals surface area contributed by atoms with E-state index in [-0.39, 0.29) is 16.7 Å². The van der Waals surface area contributed by atoms with E-state index in [2.05, 4.69) is 46.5 Å². The van der Waals surface area contributed by atoms with Crippen LogP contribution in [0.15, 0.2) is 9.98 Å². The smallest absolute Gasteiger partial charge is 0.236 e. The number of hydrogen-bond acceptors (Lipinski definition) is 3. The molecule has 1 rings (SSSR count). The lowest BCUT2D eigenvalue weighted by Crippen LogP contribution is -2.56. The van der Waals surface area contributed by atoms with Gasteiger partial charge in [-0.3, -0.25) is 4.99 Å². The topological polar surface area (TPSA) is 34.0 Å². The molecule has 0 radical (unpaired) electrons. The van der Waals surface area contributed by atoms with Crippen molar-refractivity contribution < 1.29 is 4.74 Å². The molecular formula is C13H24N2O. The van der Waals surface area contributed by atoms with Crippen LogP contribution in [0.5, 0.6) is 0 Å². The predicted molar refractivity (Wildman–Crippen MR) is 69.5 cm³/mol. The molecule has 0 aliphatic carbocycles. The highest BCUT2D eigenvalue weighted by Crippen LogP contribution is 2.29. The van der Waals surface area contributed by atoms with Crippen LogP contribution >= 0.6 is 0 Å². The molecule has 1 saturated heterocycles. The summed E-state index contributed by atoms with van der Waals surface area (Å²) in [6, 6.07) is 0. The van der Waals surface area contributed by atoms with Crippen LogP contribution in [0.25, 0.3) is 0 Å². The fraction of sp³-hybridized carbons (Fsp3) is 0.846. The first-order valence-corrected chi connectivity index (χ1v) is 5.80. The summed E-state index contributed by atoms with van der Waals surface area (Å²) >= 11 is 0. The Balaban J connectivity index is 3.03. The highest BCUT2D eigenvalue weighted by atomic mass is 16.5. The molecule has 16 heavy (non-hydrogen) atoms. The van der Waals surface area contributed by atoms with E-state index >= 15 is 0 Å². The summed E-state index contributed by atoms with van der Waals surface area (Å²) in [7, 11) is 0. The number of nitrogens with zero attached hydrogens (tertiary/aromatic N) is 2. The van der Waals surface area contributed by atoms with E-state index in [1.165, 1.54) is 0 Å². The summed E-state index contributed by atoms with van der Waals surface area (Å²) in [6.07, 6.45) is 0. The van der Waals surface area contributed by atoms with Crippen LogP contribution in [-0.2, 0) is 4.74 Å². The van der Waals surface area contributed by atoms with Gasteiger partial charge in [-0.15, -0.1) is 0 Å². The largest absolute Gasteiger partial charge is 0.464 e. The van der Waals surface area contributed by atoms with Gasteiger partial charge in [-0.25, -0.2) is 4.99 Å². The van der Waals surface area contributed by atoms with Crippen molar-refractivity contribution in [3.8, 4) is 0 Å². The number of rotatable bonds is 0. The van der Waals surface area contributed by atoms with Gasteiger partial charge in [0.05, 0.1) is 11.1 Å². The highest BCUT2D eigenvalue weighted by Gasteiger charge is 2.45. The van der Waals surface area contributed by atoms with Crippen LogP contribution in [0.2, 0.25) is 0 Å². The first-order chi connectivity index (χ1) is 6.91. The van der Waals surface area contributed by atoms with Crippen LogP contribution in [-0.4, -0.2) is 28.3 Å². The molecule has 3 heteroatoms. The van der Waals surface area contributed by atoms with E-state index in [1.807, 2.05) is 13.8 Å².